The van der Waals surface area contributed by atoms with Gasteiger partial charge in [0, 0.05) is 25.4 Å². The molecule has 3 heterocycles. The first-order chi connectivity index (χ1) is 17.2. The van der Waals surface area contributed by atoms with Gasteiger partial charge in [-0.05, 0) is 19.1 Å². The van der Waals surface area contributed by atoms with Crippen molar-refractivity contribution in [3.05, 3.63) is 62.7 Å². The van der Waals surface area contributed by atoms with Crippen LogP contribution in [0.4, 0.5) is 32.2 Å². The maximum atomic E-state index is 15.0. The Hall–Kier alpha value is -3.36. The van der Waals surface area contributed by atoms with Crippen molar-refractivity contribution in [2.75, 3.05) is 18.0 Å². The topological polar surface area (TPSA) is 108 Å². The summed E-state index contributed by atoms with van der Waals surface area (Å²) in [5.41, 5.74) is -3.26. The summed E-state index contributed by atoms with van der Waals surface area (Å²) in [4.78, 5) is 30.8. The van der Waals surface area contributed by atoms with Crippen molar-refractivity contribution in [3.8, 4) is 5.69 Å². The van der Waals surface area contributed by atoms with Crippen LogP contribution in [0, 0.1) is 17.5 Å². The number of aliphatic hydroxyl groups is 2. The Balaban J connectivity index is 1.99. The molecule has 1 saturated heterocycles. The fourth-order valence-electron chi connectivity index (χ4n) is 3.83. The number of carbonyl (C=O) groups is 1. The molecule has 0 bridgehead atoms. The molecule has 1 aromatic carbocycles. The number of pyridine rings is 2. The molecule has 4 rings (SSSR count). The van der Waals surface area contributed by atoms with E-state index in [9.17, 15) is 41.8 Å². The molecule has 0 aliphatic carbocycles. The molecule has 3 aromatic rings. The molecule has 3 atom stereocenters. The molecule has 3 N–H and O–H groups in total. The molecule has 1 aliphatic heterocycles. The summed E-state index contributed by atoms with van der Waals surface area (Å²) in [5, 5.41) is 20.0. The normalized spacial score (nSPS) is 18.9. The van der Waals surface area contributed by atoms with Gasteiger partial charge in [-0.2, -0.15) is 13.2 Å². The lowest BCUT2D eigenvalue weighted by Gasteiger charge is -2.21. The number of hydrogen-bond donors (Lipinski definition) is 3. The number of aliphatic hydroxyl groups excluding tert-OH is 2. The summed E-state index contributed by atoms with van der Waals surface area (Å²) in [6.07, 6.45) is -6.69. The minimum Gasteiger partial charge on any atom is -0.389 e. The van der Waals surface area contributed by atoms with E-state index in [2.05, 4.69) is 4.98 Å². The predicted octanol–water partition coefficient (Wildman–Crippen LogP) is 2.68. The van der Waals surface area contributed by atoms with Crippen LogP contribution in [-0.2, 0) is 0 Å². The number of halogens is 7. The van der Waals surface area contributed by atoms with Gasteiger partial charge in [-0.15, -0.1) is 0 Å². The summed E-state index contributed by atoms with van der Waals surface area (Å²) < 4.78 is 83.2. The highest BCUT2D eigenvalue weighted by Crippen LogP contribution is 2.30. The molecule has 15 heteroatoms. The van der Waals surface area contributed by atoms with E-state index in [1.165, 1.54) is 0 Å². The van der Waals surface area contributed by atoms with E-state index in [1.54, 1.807) is 5.32 Å². The largest absolute Gasteiger partial charge is 0.408 e. The van der Waals surface area contributed by atoms with Crippen LogP contribution in [0.2, 0.25) is 5.02 Å². The lowest BCUT2D eigenvalue weighted by atomic mass is 10.1. The van der Waals surface area contributed by atoms with E-state index >= 15 is 4.39 Å². The van der Waals surface area contributed by atoms with Crippen molar-refractivity contribution in [1.29, 1.82) is 0 Å². The number of rotatable bonds is 4. The molecule has 198 valence electrons. The second-order valence-corrected chi connectivity index (χ2v) is 8.81. The highest BCUT2D eigenvalue weighted by molar-refractivity contribution is 6.32. The van der Waals surface area contributed by atoms with E-state index in [-0.39, 0.29) is 13.1 Å². The number of amides is 1. The van der Waals surface area contributed by atoms with Crippen molar-refractivity contribution in [2.24, 2.45) is 0 Å². The second-order valence-electron chi connectivity index (χ2n) is 8.40. The fourth-order valence-corrected chi connectivity index (χ4v) is 4.12. The van der Waals surface area contributed by atoms with Crippen LogP contribution >= 0.6 is 11.6 Å². The number of β-amino-alcohol motifs (C(OH)–C–C–N with tert-alkyl or cyclic N) is 2. The maximum absolute atomic E-state index is 15.0. The SMILES string of the molecule is C[C@H](NC(=O)c1cn(-c2c(F)cc(F)cc2Cl)c2nc(N3C[C@@H](O)[C@H](O)C3)c(F)cc2c1=O)C(F)(F)F. The van der Waals surface area contributed by atoms with E-state index in [0.29, 0.717) is 35.9 Å². The van der Waals surface area contributed by atoms with Crippen LogP contribution in [0.3, 0.4) is 0 Å². The number of aromatic nitrogens is 2. The van der Waals surface area contributed by atoms with Crippen molar-refractivity contribution in [1.82, 2.24) is 14.9 Å². The minimum absolute atomic E-state index is 0.248. The number of carbonyl (C=O) groups excluding carboxylic acids is 1. The molecule has 1 aliphatic rings. The molecule has 0 radical (unpaired) electrons. The van der Waals surface area contributed by atoms with Gasteiger partial charge in [-0.25, -0.2) is 18.2 Å². The third kappa shape index (κ3) is 4.95. The van der Waals surface area contributed by atoms with Crippen LogP contribution in [0.15, 0.2) is 29.2 Å². The Kier molecular flexibility index (Phi) is 6.86. The Morgan fingerprint density at radius 1 is 1.14 bits per heavy atom. The van der Waals surface area contributed by atoms with Crippen LogP contribution in [-0.4, -0.2) is 63.2 Å². The number of hydrogen-bond acceptors (Lipinski definition) is 6. The lowest BCUT2D eigenvalue weighted by Crippen LogP contribution is -2.44. The standard InChI is InChI=1S/C22H17ClF6N4O4/c1-8(22(27,28)29)30-21(37)11-5-33(17-12(23)2-9(24)3-13(17)25)19-10(18(11)36)4-14(26)20(31-19)32-6-15(34)16(35)7-32/h2-5,8,15-16,34-35H,6-7H2,1H3,(H,30,37)/t8-,15+,16+/m0/s1. The second kappa shape index (κ2) is 9.50. The molecular weight excluding hydrogens is 534 g/mol. The van der Waals surface area contributed by atoms with Gasteiger partial charge in [-0.1, -0.05) is 11.6 Å². The molecule has 37 heavy (non-hydrogen) atoms. The van der Waals surface area contributed by atoms with Crippen LogP contribution < -0.4 is 15.6 Å². The first kappa shape index (κ1) is 26.7. The molecule has 1 fully saturated rings. The van der Waals surface area contributed by atoms with Crippen LogP contribution in [0.1, 0.15) is 17.3 Å². The van der Waals surface area contributed by atoms with Gasteiger partial charge < -0.3 is 20.4 Å². The summed E-state index contributed by atoms with van der Waals surface area (Å²) in [6, 6.07) is -0.617. The molecule has 2 aromatic heterocycles. The third-order valence-electron chi connectivity index (χ3n) is 5.78. The quantitative estimate of drug-likeness (QED) is 0.431. The average molecular weight is 551 g/mol. The third-order valence-corrected chi connectivity index (χ3v) is 6.07. The van der Waals surface area contributed by atoms with Crippen LogP contribution in [0.5, 0.6) is 0 Å². The van der Waals surface area contributed by atoms with Gasteiger partial charge >= 0.3 is 6.18 Å². The Labute approximate surface area is 208 Å². The molecule has 0 unspecified atom stereocenters. The van der Waals surface area contributed by atoms with E-state index in [4.69, 9.17) is 11.6 Å². The Morgan fingerprint density at radius 2 is 1.76 bits per heavy atom. The highest BCUT2D eigenvalue weighted by atomic mass is 35.5. The molecule has 1 amide bonds. The van der Waals surface area contributed by atoms with Crippen molar-refractivity contribution < 1.29 is 41.4 Å². The van der Waals surface area contributed by atoms with Crippen LogP contribution in [0.25, 0.3) is 16.7 Å². The smallest absolute Gasteiger partial charge is 0.389 e. The number of benzene rings is 1. The van der Waals surface area contributed by atoms with E-state index in [1.807, 2.05) is 0 Å². The van der Waals surface area contributed by atoms with Crippen molar-refractivity contribution in [3.63, 3.8) is 0 Å². The fraction of sp³-hybridized carbons (Fsp3) is 0.318. The van der Waals surface area contributed by atoms with Gasteiger partial charge in [-0.3, -0.25) is 14.2 Å². The van der Waals surface area contributed by atoms with Crippen molar-refractivity contribution >= 4 is 34.4 Å². The molecular formula is C22H17ClF6N4O4. The zero-order valence-corrected chi connectivity index (χ0v) is 19.4. The average Bonchev–Trinajstić information content (AvgIpc) is 3.11. The first-order valence-electron chi connectivity index (χ1n) is 10.6. The van der Waals surface area contributed by atoms with Gasteiger partial charge in [0.15, 0.2) is 23.1 Å². The van der Waals surface area contributed by atoms with Gasteiger partial charge in [0.1, 0.15) is 23.1 Å². The number of nitrogens with zero attached hydrogens (tertiary/aromatic N) is 3. The van der Waals surface area contributed by atoms with Gasteiger partial charge in [0.25, 0.3) is 5.91 Å². The summed E-state index contributed by atoms with van der Waals surface area (Å²) in [5.74, 6) is -5.46. The maximum Gasteiger partial charge on any atom is 0.408 e. The molecule has 0 spiro atoms. The van der Waals surface area contributed by atoms with Crippen molar-refractivity contribution in [2.45, 2.75) is 31.3 Å². The minimum atomic E-state index is -4.86. The number of fused-ring (bicyclic) bond motifs is 1. The Morgan fingerprint density at radius 3 is 2.32 bits per heavy atom. The summed E-state index contributed by atoms with van der Waals surface area (Å²) in [7, 11) is 0. The molecule has 0 saturated carbocycles. The van der Waals surface area contributed by atoms with Gasteiger partial charge in [0.05, 0.1) is 22.6 Å². The van der Waals surface area contributed by atoms with E-state index < -0.39 is 86.3 Å². The lowest BCUT2D eigenvalue weighted by molar-refractivity contribution is -0.149. The zero-order valence-electron chi connectivity index (χ0n) is 18.7. The van der Waals surface area contributed by atoms with E-state index in [0.717, 1.165) is 4.90 Å². The van der Waals surface area contributed by atoms with Gasteiger partial charge in [0.2, 0.25) is 5.43 Å². The summed E-state index contributed by atoms with van der Waals surface area (Å²) in [6.45, 7) is 0.130. The number of anilines is 1. The number of alkyl halides is 3. The predicted molar refractivity (Wildman–Crippen MR) is 119 cm³/mol. The zero-order chi connectivity index (χ0) is 27.4. The highest BCUT2D eigenvalue weighted by Gasteiger charge is 2.38. The summed E-state index contributed by atoms with van der Waals surface area (Å²) >= 11 is 6.02. The number of nitrogens with one attached hydrogen (secondary N) is 1. The first-order valence-corrected chi connectivity index (χ1v) is 11.0. The Bertz CT molecular complexity index is 1430. The molecule has 8 nitrogen and oxygen atoms in total. The monoisotopic (exact) mass is 550 g/mol.